The molecule has 0 saturated carbocycles. The number of ether oxygens (including phenoxy) is 1. The van der Waals surface area contributed by atoms with E-state index < -0.39 is 0 Å². The fourth-order valence-electron chi connectivity index (χ4n) is 1.45. The van der Waals surface area contributed by atoms with Gasteiger partial charge in [-0.25, -0.2) is 12.2 Å². The Balaban J connectivity index is 0.000000256. The topological polar surface area (TPSA) is 9.23 Å². The van der Waals surface area contributed by atoms with Gasteiger partial charge in [0.2, 0.25) is 0 Å². The van der Waals surface area contributed by atoms with Gasteiger partial charge in [-0.15, -0.1) is 6.42 Å². The predicted octanol–water partition coefficient (Wildman–Crippen LogP) is 4.78. The van der Waals surface area contributed by atoms with Crippen LogP contribution in [0.1, 0.15) is 6.42 Å². The van der Waals surface area contributed by atoms with Crippen molar-refractivity contribution in [3.05, 3.63) is 85.0 Å². The van der Waals surface area contributed by atoms with Gasteiger partial charge in [0.15, 0.2) is 0 Å². The summed E-state index contributed by atoms with van der Waals surface area (Å²) >= 11 is 0. The molecule has 2 aromatic carbocycles. The van der Waals surface area contributed by atoms with Gasteiger partial charge in [-0.1, -0.05) is 36.4 Å². The SMILES string of the molecule is [C-]1=CC=CC1.[Fe].c1ccc(Oc2ccccc2)cc1. The molecule has 0 spiro atoms. The van der Waals surface area contributed by atoms with Crippen molar-refractivity contribution in [2.24, 2.45) is 0 Å². The molecule has 19 heavy (non-hydrogen) atoms. The standard InChI is InChI=1S/C12H10O.C5H5.Fe/c1-3-7-11(8-4-1)13-12-9-5-2-6-10-12;1-2-4-5-3-1;/h1-10H;1-3H,4H2;/q;-1;. The number of hydrogen-bond acceptors (Lipinski definition) is 1. The zero-order chi connectivity index (χ0) is 12.5. The zero-order valence-corrected chi connectivity index (χ0v) is 11.6. The van der Waals surface area contributed by atoms with E-state index in [4.69, 9.17) is 4.74 Å². The normalized spacial score (nSPS) is 11.2. The second-order valence-corrected chi connectivity index (χ2v) is 3.73. The van der Waals surface area contributed by atoms with Crippen molar-refractivity contribution in [1.29, 1.82) is 0 Å². The van der Waals surface area contributed by atoms with Crippen molar-refractivity contribution >= 4 is 0 Å². The molecule has 1 aliphatic carbocycles. The average molecular weight is 291 g/mol. The van der Waals surface area contributed by atoms with Crippen molar-refractivity contribution in [3.63, 3.8) is 0 Å². The minimum absolute atomic E-state index is 0. The van der Waals surface area contributed by atoms with Gasteiger partial charge in [0.1, 0.15) is 11.5 Å². The Labute approximate surface area is 125 Å². The van der Waals surface area contributed by atoms with Gasteiger partial charge in [-0.3, -0.25) is 6.08 Å². The molecule has 0 fully saturated rings. The summed E-state index contributed by atoms with van der Waals surface area (Å²) in [5, 5.41) is 0. The monoisotopic (exact) mass is 291 g/mol. The van der Waals surface area contributed by atoms with E-state index in [9.17, 15) is 0 Å². The maximum atomic E-state index is 5.58. The van der Waals surface area contributed by atoms with Gasteiger partial charge >= 0.3 is 0 Å². The first-order valence-electron chi connectivity index (χ1n) is 5.95. The van der Waals surface area contributed by atoms with E-state index in [1.807, 2.05) is 72.8 Å². The summed E-state index contributed by atoms with van der Waals surface area (Å²) in [4.78, 5) is 0. The molecule has 2 aromatic rings. The third-order valence-electron chi connectivity index (χ3n) is 2.31. The van der Waals surface area contributed by atoms with E-state index in [-0.39, 0.29) is 17.1 Å². The molecule has 0 heterocycles. The van der Waals surface area contributed by atoms with Crippen LogP contribution >= 0.6 is 0 Å². The Hall–Kier alpha value is -1.76. The summed E-state index contributed by atoms with van der Waals surface area (Å²) in [6.45, 7) is 0. The first kappa shape index (κ1) is 15.3. The summed E-state index contributed by atoms with van der Waals surface area (Å²) in [7, 11) is 0. The van der Waals surface area contributed by atoms with E-state index in [0.717, 1.165) is 17.9 Å². The van der Waals surface area contributed by atoms with E-state index in [2.05, 4.69) is 12.2 Å². The molecule has 0 radical (unpaired) electrons. The number of para-hydroxylation sites is 2. The van der Waals surface area contributed by atoms with Gasteiger partial charge in [-0.2, -0.15) is 6.08 Å². The van der Waals surface area contributed by atoms with Gasteiger partial charge < -0.3 is 4.74 Å². The fraction of sp³-hybridized carbons (Fsp3) is 0.0588. The number of benzene rings is 2. The molecule has 0 aliphatic heterocycles. The van der Waals surface area contributed by atoms with Crippen LogP contribution in [-0.4, -0.2) is 0 Å². The largest absolute Gasteiger partial charge is 0.457 e. The molecule has 1 nitrogen and oxygen atoms in total. The maximum absolute atomic E-state index is 5.58. The molecule has 0 unspecified atom stereocenters. The summed E-state index contributed by atoms with van der Waals surface area (Å²) in [5.41, 5.74) is 0. The van der Waals surface area contributed by atoms with Gasteiger partial charge in [0.05, 0.1) is 0 Å². The molecule has 3 rings (SSSR count). The summed E-state index contributed by atoms with van der Waals surface area (Å²) in [6, 6.07) is 19.5. The average Bonchev–Trinajstić information content (AvgIpc) is 3.00. The van der Waals surface area contributed by atoms with Crippen molar-refractivity contribution in [3.8, 4) is 11.5 Å². The Morgan fingerprint density at radius 1 is 0.789 bits per heavy atom. The van der Waals surface area contributed by atoms with Crippen LogP contribution in [0.25, 0.3) is 0 Å². The molecule has 0 amide bonds. The third-order valence-corrected chi connectivity index (χ3v) is 2.31. The Kier molecular flexibility index (Phi) is 7.41. The van der Waals surface area contributed by atoms with Crippen LogP contribution in [0.3, 0.4) is 0 Å². The number of allylic oxidation sites excluding steroid dienone is 4. The van der Waals surface area contributed by atoms with E-state index >= 15 is 0 Å². The van der Waals surface area contributed by atoms with Crippen LogP contribution in [0.4, 0.5) is 0 Å². The maximum Gasteiger partial charge on any atom is 0.127 e. The molecular formula is C17H15FeO-. The minimum atomic E-state index is 0. The molecule has 0 saturated heterocycles. The molecule has 0 bridgehead atoms. The number of hydrogen-bond donors (Lipinski definition) is 0. The summed E-state index contributed by atoms with van der Waals surface area (Å²) in [6.07, 6.45) is 10.0. The fourth-order valence-corrected chi connectivity index (χ4v) is 1.45. The van der Waals surface area contributed by atoms with Gasteiger partial charge in [0, 0.05) is 17.1 Å². The van der Waals surface area contributed by atoms with Crippen LogP contribution in [0.15, 0.2) is 78.9 Å². The Morgan fingerprint density at radius 2 is 1.32 bits per heavy atom. The Bertz CT molecular complexity index is 456. The molecular weight excluding hydrogens is 276 g/mol. The van der Waals surface area contributed by atoms with Crippen molar-refractivity contribution < 1.29 is 21.8 Å². The van der Waals surface area contributed by atoms with Crippen LogP contribution in [0, 0.1) is 6.08 Å². The van der Waals surface area contributed by atoms with Crippen LogP contribution in [0.5, 0.6) is 11.5 Å². The van der Waals surface area contributed by atoms with Crippen LogP contribution in [0.2, 0.25) is 0 Å². The summed E-state index contributed by atoms with van der Waals surface area (Å²) in [5.74, 6) is 1.74. The quantitative estimate of drug-likeness (QED) is 0.571. The van der Waals surface area contributed by atoms with E-state index in [0.29, 0.717) is 0 Å². The smallest absolute Gasteiger partial charge is 0.127 e. The van der Waals surface area contributed by atoms with E-state index in [1.54, 1.807) is 0 Å². The predicted molar refractivity (Wildman–Crippen MR) is 74.5 cm³/mol. The van der Waals surface area contributed by atoms with Crippen LogP contribution in [-0.2, 0) is 17.1 Å². The van der Waals surface area contributed by atoms with Crippen molar-refractivity contribution in [1.82, 2.24) is 0 Å². The van der Waals surface area contributed by atoms with Crippen molar-refractivity contribution in [2.75, 3.05) is 0 Å². The van der Waals surface area contributed by atoms with Gasteiger partial charge in [0.25, 0.3) is 0 Å². The number of rotatable bonds is 2. The molecule has 98 valence electrons. The van der Waals surface area contributed by atoms with E-state index in [1.165, 1.54) is 0 Å². The summed E-state index contributed by atoms with van der Waals surface area (Å²) < 4.78 is 5.58. The second kappa shape index (κ2) is 9.21. The molecule has 1 aliphatic rings. The zero-order valence-electron chi connectivity index (χ0n) is 10.5. The second-order valence-electron chi connectivity index (χ2n) is 3.73. The molecule has 0 N–H and O–H groups in total. The minimum Gasteiger partial charge on any atom is -0.457 e. The Morgan fingerprint density at radius 3 is 1.63 bits per heavy atom. The third kappa shape index (κ3) is 6.10. The van der Waals surface area contributed by atoms with Crippen LogP contribution < -0.4 is 4.74 Å². The first-order chi connectivity index (χ1) is 8.95. The molecule has 0 aromatic heterocycles. The van der Waals surface area contributed by atoms with Gasteiger partial charge in [-0.05, 0) is 24.3 Å². The molecule has 2 heteroatoms. The van der Waals surface area contributed by atoms with Crippen molar-refractivity contribution in [2.45, 2.75) is 6.42 Å². The first-order valence-corrected chi connectivity index (χ1v) is 5.95. The molecule has 0 atom stereocenters.